The van der Waals surface area contributed by atoms with Gasteiger partial charge < -0.3 is 4.57 Å². The van der Waals surface area contributed by atoms with Crippen molar-refractivity contribution >= 4 is 17.3 Å². The monoisotopic (exact) mass is 460 g/mol. The SMILES string of the molecule is N#CC1=C(n2cccc2)N(c2ccccc2C(F)(F)F)C2=C(C(=O)CCC2)[C@@H]1c1cccnc1. The van der Waals surface area contributed by atoms with Crippen molar-refractivity contribution in [3.8, 4) is 6.07 Å². The highest BCUT2D eigenvalue weighted by Gasteiger charge is 2.44. The summed E-state index contributed by atoms with van der Waals surface area (Å²) in [5, 5.41) is 10.3. The van der Waals surface area contributed by atoms with Crippen molar-refractivity contribution in [1.29, 1.82) is 5.26 Å². The molecule has 0 radical (unpaired) electrons. The predicted octanol–water partition coefficient (Wildman–Crippen LogP) is 5.91. The van der Waals surface area contributed by atoms with Crippen LogP contribution in [0.25, 0.3) is 5.82 Å². The van der Waals surface area contributed by atoms with E-state index in [0.29, 0.717) is 29.7 Å². The van der Waals surface area contributed by atoms with Crippen molar-refractivity contribution in [3.05, 3.63) is 101 Å². The fourth-order valence-electron chi connectivity index (χ4n) is 4.82. The summed E-state index contributed by atoms with van der Waals surface area (Å²) in [5.74, 6) is -0.594. The highest BCUT2D eigenvalue weighted by molar-refractivity contribution is 6.03. The van der Waals surface area contributed by atoms with Crippen molar-refractivity contribution in [2.75, 3.05) is 4.90 Å². The number of alkyl halides is 3. The molecular weight excluding hydrogens is 441 g/mol. The molecule has 5 rings (SSSR count). The van der Waals surface area contributed by atoms with E-state index in [4.69, 9.17) is 0 Å². The molecule has 0 spiro atoms. The van der Waals surface area contributed by atoms with E-state index in [1.165, 1.54) is 23.1 Å². The third kappa shape index (κ3) is 3.50. The van der Waals surface area contributed by atoms with Gasteiger partial charge in [-0.2, -0.15) is 18.4 Å². The number of aromatic nitrogens is 2. The number of benzene rings is 1. The summed E-state index contributed by atoms with van der Waals surface area (Å²) in [7, 11) is 0. The molecule has 1 aliphatic carbocycles. The summed E-state index contributed by atoms with van der Waals surface area (Å²) in [4.78, 5) is 18.9. The maximum absolute atomic E-state index is 14.1. The Hall–Kier alpha value is -4.12. The molecule has 0 unspecified atom stereocenters. The summed E-state index contributed by atoms with van der Waals surface area (Å²) in [6.45, 7) is 0. The normalized spacial score (nSPS) is 18.7. The Labute approximate surface area is 194 Å². The van der Waals surface area contributed by atoms with Crippen LogP contribution in [0.1, 0.15) is 36.3 Å². The van der Waals surface area contributed by atoms with Gasteiger partial charge in [0.05, 0.1) is 28.8 Å². The summed E-state index contributed by atoms with van der Waals surface area (Å²) in [5.41, 5.74) is 0.749. The van der Waals surface area contributed by atoms with Gasteiger partial charge in [-0.05, 0) is 48.7 Å². The first kappa shape index (κ1) is 21.7. The number of anilines is 1. The van der Waals surface area contributed by atoms with Gasteiger partial charge in [-0.15, -0.1) is 0 Å². The number of ketones is 1. The van der Waals surface area contributed by atoms with E-state index in [0.717, 1.165) is 6.07 Å². The molecule has 1 aliphatic heterocycles. The molecule has 5 nitrogen and oxygen atoms in total. The molecule has 34 heavy (non-hydrogen) atoms. The average Bonchev–Trinajstić information content (AvgIpc) is 3.37. The maximum atomic E-state index is 14.1. The zero-order chi connectivity index (χ0) is 23.9. The topological polar surface area (TPSA) is 61.9 Å². The van der Waals surface area contributed by atoms with Crippen LogP contribution in [0.3, 0.4) is 0 Å². The Bertz CT molecular complexity index is 1350. The minimum Gasteiger partial charge on any atom is -0.309 e. The molecule has 1 aromatic carbocycles. The number of halogens is 3. The summed E-state index contributed by atoms with van der Waals surface area (Å²) in [6, 6.07) is 14.5. The van der Waals surface area contributed by atoms with Crippen LogP contribution >= 0.6 is 0 Å². The highest BCUT2D eigenvalue weighted by atomic mass is 19.4. The number of allylic oxidation sites excluding steroid dienone is 3. The summed E-state index contributed by atoms with van der Waals surface area (Å²) >= 11 is 0. The second-order valence-corrected chi connectivity index (χ2v) is 8.15. The predicted molar refractivity (Wildman–Crippen MR) is 120 cm³/mol. The van der Waals surface area contributed by atoms with Gasteiger partial charge in [-0.25, -0.2) is 0 Å². The molecule has 0 amide bonds. The van der Waals surface area contributed by atoms with Crippen LogP contribution in [0, 0.1) is 11.3 Å². The fraction of sp³-hybridized carbons (Fsp3) is 0.192. The number of para-hydroxylation sites is 1. The van der Waals surface area contributed by atoms with Crippen molar-refractivity contribution < 1.29 is 18.0 Å². The molecule has 1 atom stereocenters. The number of rotatable bonds is 3. The van der Waals surface area contributed by atoms with Gasteiger partial charge in [0.1, 0.15) is 5.82 Å². The quantitative estimate of drug-likeness (QED) is 0.488. The van der Waals surface area contributed by atoms with Gasteiger partial charge in [-0.3, -0.25) is 14.7 Å². The molecule has 2 aliphatic rings. The molecule has 0 bridgehead atoms. The number of pyridine rings is 1. The van der Waals surface area contributed by atoms with E-state index >= 15 is 0 Å². The van der Waals surface area contributed by atoms with E-state index in [1.807, 2.05) is 0 Å². The molecule has 2 aromatic heterocycles. The van der Waals surface area contributed by atoms with E-state index in [9.17, 15) is 23.2 Å². The first-order valence-corrected chi connectivity index (χ1v) is 10.8. The van der Waals surface area contributed by atoms with Gasteiger partial charge in [0.15, 0.2) is 5.78 Å². The molecule has 0 N–H and O–H groups in total. The maximum Gasteiger partial charge on any atom is 0.418 e. The molecule has 170 valence electrons. The lowest BCUT2D eigenvalue weighted by atomic mass is 9.75. The van der Waals surface area contributed by atoms with Crippen molar-refractivity contribution in [1.82, 2.24) is 9.55 Å². The highest BCUT2D eigenvalue weighted by Crippen LogP contribution is 2.50. The number of carbonyl (C=O) groups excluding carboxylic acids is 1. The lowest BCUT2D eigenvalue weighted by Gasteiger charge is -2.41. The molecule has 8 heteroatoms. The minimum absolute atomic E-state index is 0.113. The number of nitriles is 1. The molecule has 3 heterocycles. The van der Waals surface area contributed by atoms with Crippen LogP contribution in [-0.2, 0) is 11.0 Å². The van der Waals surface area contributed by atoms with Crippen LogP contribution < -0.4 is 4.90 Å². The number of Topliss-reactive ketones (excluding diaryl/α,β-unsaturated/α-hetero) is 1. The average molecular weight is 460 g/mol. The number of hydrogen-bond donors (Lipinski definition) is 0. The largest absolute Gasteiger partial charge is 0.418 e. The van der Waals surface area contributed by atoms with Crippen molar-refractivity contribution in [2.45, 2.75) is 31.4 Å². The van der Waals surface area contributed by atoms with Crippen LogP contribution in [0.15, 0.2) is 90.2 Å². The summed E-state index contributed by atoms with van der Waals surface area (Å²) < 4.78 is 43.9. The standard InChI is InChI=1S/C26H19F3N4O/c27-26(28,29)19-8-1-2-9-20(19)33-21-10-5-11-22(34)24(21)23(17-7-6-12-31-16-17)18(15-30)25(33)32-13-3-4-14-32/h1-4,6-9,12-14,16,23H,5,10-11H2/t23-/m1/s1. The fourth-order valence-corrected chi connectivity index (χ4v) is 4.82. The van der Waals surface area contributed by atoms with E-state index in [2.05, 4.69) is 11.1 Å². The van der Waals surface area contributed by atoms with E-state index in [-0.39, 0.29) is 29.3 Å². The third-order valence-electron chi connectivity index (χ3n) is 6.17. The van der Waals surface area contributed by atoms with Gasteiger partial charge in [-0.1, -0.05) is 18.2 Å². The number of nitrogens with zero attached hydrogens (tertiary/aromatic N) is 4. The minimum atomic E-state index is -4.62. The first-order valence-electron chi connectivity index (χ1n) is 10.8. The Kier molecular flexibility index (Phi) is 5.33. The lowest BCUT2D eigenvalue weighted by Crippen LogP contribution is -2.37. The van der Waals surface area contributed by atoms with E-state index in [1.54, 1.807) is 53.6 Å². The lowest BCUT2D eigenvalue weighted by molar-refractivity contribution is -0.137. The smallest absolute Gasteiger partial charge is 0.309 e. The zero-order valence-electron chi connectivity index (χ0n) is 18.0. The van der Waals surface area contributed by atoms with Crippen molar-refractivity contribution in [2.24, 2.45) is 0 Å². The summed E-state index contributed by atoms with van der Waals surface area (Å²) in [6.07, 6.45) is 3.15. The zero-order valence-corrected chi connectivity index (χ0v) is 18.0. The van der Waals surface area contributed by atoms with Crippen LogP contribution in [0.4, 0.5) is 18.9 Å². The van der Waals surface area contributed by atoms with E-state index < -0.39 is 17.7 Å². The second-order valence-electron chi connectivity index (χ2n) is 8.15. The molecule has 3 aromatic rings. The van der Waals surface area contributed by atoms with Gasteiger partial charge in [0.25, 0.3) is 0 Å². The number of carbonyl (C=O) groups is 1. The molecule has 0 saturated heterocycles. The van der Waals surface area contributed by atoms with Crippen LogP contribution in [0.2, 0.25) is 0 Å². The molecule has 0 fully saturated rings. The Balaban J connectivity index is 1.88. The Morgan fingerprint density at radius 3 is 2.47 bits per heavy atom. The van der Waals surface area contributed by atoms with Gasteiger partial charge >= 0.3 is 6.18 Å². The number of hydrogen-bond acceptors (Lipinski definition) is 4. The second kappa shape index (κ2) is 8.34. The van der Waals surface area contributed by atoms with Gasteiger partial charge in [0, 0.05) is 42.5 Å². The van der Waals surface area contributed by atoms with Gasteiger partial charge in [0.2, 0.25) is 0 Å². The molecule has 0 saturated carbocycles. The molecular formula is C26H19F3N4O. The Morgan fingerprint density at radius 2 is 1.79 bits per heavy atom. The first-order chi connectivity index (χ1) is 16.4. The third-order valence-corrected chi connectivity index (χ3v) is 6.17. The van der Waals surface area contributed by atoms with Crippen LogP contribution in [-0.4, -0.2) is 15.3 Å². The van der Waals surface area contributed by atoms with Crippen molar-refractivity contribution in [3.63, 3.8) is 0 Å². The van der Waals surface area contributed by atoms with Crippen LogP contribution in [0.5, 0.6) is 0 Å². The Morgan fingerprint density at radius 1 is 1.03 bits per heavy atom.